The molecule has 0 atom stereocenters. The number of hydrogen-bond donors (Lipinski definition) is 1. The molecule has 1 N–H and O–H groups in total. The van der Waals surface area contributed by atoms with E-state index in [1.54, 1.807) is 27.7 Å². The fourth-order valence-corrected chi connectivity index (χ4v) is 3.26. The van der Waals surface area contributed by atoms with Gasteiger partial charge in [-0.25, -0.2) is 4.68 Å². The van der Waals surface area contributed by atoms with Crippen LogP contribution in [0.15, 0.2) is 59.3 Å². The molecule has 0 aliphatic rings. The van der Waals surface area contributed by atoms with Crippen LogP contribution < -0.4 is 5.32 Å². The molecule has 29 heavy (non-hydrogen) atoms. The molecule has 3 heterocycles. The summed E-state index contributed by atoms with van der Waals surface area (Å²) in [6.45, 7) is 4.99. The zero-order valence-corrected chi connectivity index (χ0v) is 17.7. The predicted octanol–water partition coefficient (Wildman–Crippen LogP) is 3.46. The van der Waals surface area contributed by atoms with Crippen molar-refractivity contribution in [1.82, 2.24) is 29.3 Å². The summed E-state index contributed by atoms with van der Waals surface area (Å²) < 4.78 is 6.27. The topological polar surface area (TPSA) is 82.6 Å². The van der Waals surface area contributed by atoms with Gasteiger partial charge >= 0.3 is 0 Å². The Kier molecular flexibility index (Phi) is 5.30. The third-order valence-corrected chi connectivity index (χ3v) is 5.66. The SMILES string of the molecule is Cc1nn(Cn2ccc(C(=O)Nc3ccn(Cc4ccccc4)n3)n2)c(C)c1Br. The van der Waals surface area contributed by atoms with Crippen molar-refractivity contribution in [2.24, 2.45) is 0 Å². The largest absolute Gasteiger partial charge is 0.304 e. The highest BCUT2D eigenvalue weighted by Crippen LogP contribution is 2.19. The molecule has 0 aliphatic carbocycles. The van der Waals surface area contributed by atoms with Crippen LogP contribution >= 0.6 is 15.9 Å². The number of rotatable bonds is 6. The van der Waals surface area contributed by atoms with E-state index in [0.717, 1.165) is 21.4 Å². The molecule has 0 fully saturated rings. The highest BCUT2D eigenvalue weighted by molar-refractivity contribution is 9.10. The zero-order chi connectivity index (χ0) is 20.4. The number of halogens is 1. The van der Waals surface area contributed by atoms with Crippen LogP contribution in [0.4, 0.5) is 5.82 Å². The summed E-state index contributed by atoms with van der Waals surface area (Å²) in [4.78, 5) is 12.5. The van der Waals surface area contributed by atoms with E-state index in [0.29, 0.717) is 24.7 Å². The van der Waals surface area contributed by atoms with Gasteiger partial charge in [0.1, 0.15) is 6.67 Å². The first-order chi connectivity index (χ1) is 14.0. The molecule has 4 aromatic rings. The lowest BCUT2D eigenvalue weighted by molar-refractivity contribution is 0.102. The minimum Gasteiger partial charge on any atom is -0.304 e. The van der Waals surface area contributed by atoms with Crippen LogP contribution in [0.5, 0.6) is 0 Å². The standard InChI is InChI=1S/C20H20BrN7O/c1-14-19(21)15(2)28(23-14)13-27-10-8-17(24-27)20(29)22-18-9-11-26(25-18)12-16-6-4-3-5-7-16/h3-11H,12-13H2,1-2H3,(H,22,25,29). The molecule has 0 aliphatic heterocycles. The lowest BCUT2D eigenvalue weighted by Crippen LogP contribution is -2.16. The van der Waals surface area contributed by atoms with E-state index in [4.69, 9.17) is 0 Å². The first-order valence-electron chi connectivity index (χ1n) is 9.11. The van der Waals surface area contributed by atoms with Gasteiger partial charge in [0.15, 0.2) is 11.5 Å². The van der Waals surface area contributed by atoms with E-state index in [9.17, 15) is 4.79 Å². The van der Waals surface area contributed by atoms with Gasteiger partial charge in [-0.05, 0) is 41.4 Å². The van der Waals surface area contributed by atoms with E-state index in [2.05, 4.69) is 36.5 Å². The molecule has 1 aromatic carbocycles. The highest BCUT2D eigenvalue weighted by Gasteiger charge is 2.13. The predicted molar refractivity (Wildman–Crippen MR) is 113 cm³/mol. The number of anilines is 1. The lowest BCUT2D eigenvalue weighted by atomic mass is 10.2. The number of hydrogen-bond acceptors (Lipinski definition) is 4. The monoisotopic (exact) mass is 453 g/mol. The Morgan fingerprint density at radius 2 is 1.76 bits per heavy atom. The van der Waals surface area contributed by atoms with Gasteiger partial charge in [-0.15, -0.1) is 0 Å². The Morgan fingerprint density at radius 1 is 1.00 bits per heavy atom. The van der Waals surface area contributed by atoms with Gasteiger partial charge in [-0.2, -0.15) is 15.3 Å². The van der Waals surface area contributed by atoms with E-state index < -0.39 is 0 Å². The van der Waals surface area contributed by atoms with Gasteiger partial charge in [0, 0.05) is 18.5 Å². The number of nitrogens with zero attached hydrogens (tertiary/aromatic N) is 6. The molecule has 0 unspecified atom stereocenters. The van der Waals surface area contributed by atoms with Gasteiger partial charge < -0.3 is 5.32 Å². The van der Waals surface area contributed by atoms with Gasteiger partial charge in [-0.3, -0.25) is 14.2 Å². The normalized spacial score (nSPS) is 11.0. The smallest absolute Gasteiger partial charge is 0.277 e. The lowest BCUT2D eigenvalue weighted by Gasteiger charge is -2.04. The van der Waals surface area contributed by atoms with Crippen LogP contribution in [0.1, 0.15) is 27.4 Å². The molecular weight excluding hydrogens is 434 g/mol. The maximum absolute atomic E-state index is 12.5. The second-order valence-electron chi connectivity index (χ2n) is 6.70. The number of aryl methyl sites for hydroxylation is 1. The van der Waals surface area contributed by atoms with Crippen molar-refractivity contribution in [2.45, 2.75) is 27.1 Å². The van der Waals surface area contributed by atoms with Crippen molar-refractivity contribution in [1.29, 1.82) is 0 Å². The van der Waals surface area contributed by atoms with E-state index in [-0.39, 0.29) is 5.91 Å². The molecule has 0 spiro atoms. The van der Waals surface area contributed by atoms with Crippen LogP contribution in [0, 0.1) is 13.8 Å². The van der Waals surface area contributed by atoms with E-state index in [1.807, 2.05) is 55.1 Å². The van der Waals surface area contributed by atoms with Gasteiger partial charge in [0.05, 0.1) is 22.4 Å². The Hall–Kier alpha value is -3.20. The molecule has 0 saturated carbocycles. The van der Waals surface area contributed by atoms with Crippen LogP contribution in [-0.2, 0) is 13.2 Å². The Labute approximate surface area is 176 Å². The number of benzene rings is 1. The summed E-state index contributed by atoms with van der Waals surface area (Å²) in [5.74, 6) is 0.186. The summed E-state index contributed by atoms with van der Waals surface area (Å²) in [6.07, 6.45) is 3.59. The number of carbonyl (C=O) groups excluding carboxylic acids is 1. The van der Waals surface area contributed by atoms with Gasteiger partial charge in [0.2, 0.25) is 0 Å². The average Bonchev–Trinajstić information content (AvgIpc) is 3.41. The number of amides is 1. The first-order valence-corrected chi connectivity index (χ1v) is 9.90. The maximum Gasteiger partial charge on any atom is 0.277 e. The van der Waals surface area contributed by atoms with Crippen LogP contribution in [0.3, 0.4) is 0 Å². The molecule has 8 nitrogen and oxygen atoms in total. The Bertz CT molecular complexity index is 1140. The molecule has 0 radical (unpaired) electrons. The first kappa shape index (κ1) is 19.1. The van der Waals surface area contributed by atoms with Crippen molar-refractivity contribution in [3.8, 4) is 0 Å². The highest BCUT2D eigenvalue weighted by atomic mass is 79.9. The Morgan fingerprint density at radius 3 is 2.48 bits per heavy atom. The minimum atomic E-state index is -0.303. The van der Waals surface area contributed by atoms with Crippen LogP contribution in [-0.4, -0.2) is 35.2 Å². The van der Waals surface area contributed by atoms with Crippen molar-refractivity contribution < 1.29 is 4.79 Å². The van der Waals surface area contributed by atoms with Crippen molar-refractivity contribution in [3.63, 3.8) is 0 Å². The van der Waals surface area contributed by atoms with E-state index in [1.165, 1.54) is 0 Å². The second-order valence-corrected chi connectivity index (χ2v) is 7.50. The van der Waals surface area contributed by atoms with E-state index >= 15 is 0 Å². The van der Waals surface area contributed by atoms with Crippen molar-refractivity contribution >= 4 is 27.7 Å². The van der Waals surface area contributed by atoms with Crippen molar-refractivity contribution in [2.75, 3.05) is 5.32 Å². The summed E-state index contributed by atoms with van der Waals surface area (Å²) in [6, 6.07) is 13.5. The summed E-state index contributed by atoms with van der Waals surface area (Å²) in [5.41, 5.74) is 3.39. The quantitative estimate of drug-likeness (QED) is 0.484. The number of nitrogens with one attached hydrogen (secondary N) is 1. The fraction of sp³-hybridized carbons (Fsp3) is 0.200. The van der Waals surface area contributed by atoms with Crippen LogP contribution in [0.25, 0.3) is 0 Å². The number of aromatic nitrogens is 6. The van der Waals surface area contributed by atoms with Crippen molar-refractivity contribution in [3.05, 3.63) is 82.0 Å². The molecule has 3 aromatic heterocycles. The third-order valence-electron chi connectivity index (χ3n) is 4.51. The summed E-state index contributed by atoms with van der Waals surface area (Å²) >= 11 is 3.52. The minimum absolute atomic E-state index is 0.303. The molecule has 9 heteroatoms. The Balaban J connectivity index is 1.40. The summed E-state index contributed by atoms with van der Waals surface area (Å²) in [7, 11) is 0. The second kappa shape index (κ2) is 8.04. The molecule has 4 rings (SSSR count). The molecule has 148 valence electrons. The molecule has 0 saturated heterocycles. The number of carbonyl (C=O) groups is 1. The molecular formula is C20H20BrN7O. The third kappa shape index (κ3) is 4.29. The maximum atomic E-state index is 12.5. The molecule has 0 bridgehead atoms. The van der Waals surface area contributed by atoms with Crippen LogP contribution in [0.2, 0.25) is 0 Å². The molecule has 1 amide bonds. The zero-order valence-electron chi connectivity index (χ0n) is 16.1. The average molecular weight is 454 g/mol. The van der Waals surface area contributed by atoms with Gasteiger partial charge in [0.25, 0.3) is 5.91 Å². The fourth-order valence-electron chi connectivity index (χ4n) is 2.98. The summed E-state index contributed by atoms with van der Waals surface area (Å²) in [5, 5.41) is 16.0. The van der Waals surface area contributed by atoms with Gasteiger partial charge in [-0.1, -0.05) is 30.3 Å².